The third kappa shape index (κ3) is 4.87. The molecule has 1 N–H and O–H groups in total. The Morgan fingerprint density at radius 1 is 0.938 bits per heavy atom. The van der Waals surface area contributed by atoms with E-state index in [2.05, 4.69) is 4.52 Å². The Morgan fingerprint density at radius 2 is 1.53 bits per heavy atom. The largest absolute Gasteiger partial charge is 1.00 e. The Kier molecular flexibility index (Phi) is 8.49. The number of phenols is 1. The Morgan fingerprint density at radius 3 is 2.12 bits per heavy atom. The van der Waals surface area contributed by atoms with Crippen LogP contribution in [-0.2, 0) is 14.9 Å². The molecule has 1 aliphatic heterocycles. The van der Waals surface area contributed by atoms with Crippen molar-refractivity contribution in [3.8, 4) is 11.5 Å². The van der Waals surface area contributed by atoms with Crippen LogP contribution in [0.3, 0.4) is 0 Å². The summed E-state index contributed by atoms with van der Waals surface area (Å²) in [7, 11) is -5.22. The van der Waals surface area contributed by atoms with E-state index in [-0.39, 0.29) is 70.6 Å². The third-order valence-electron chi connectivity index (χ3n) is 5.17. The van der Waals surface area contributed by atoms with Crippen molar-refractivity contribution in [2.75, 3.05) is 0 Å². The van der Waals surface area contributed by atoms with Gasteiger partial charge in [-0.25, -0.2) is 4.79 Å². The molecule has 1 aliphatic rings. The predicted molar refractivity (Wildman–Crippen MR) is 104 cm³/mol. The zero-order chi connectivity index (χ0) is 21.7. The van der Waals surface area contributed by atoms with Crippen LogP contribution < -0.4 is 73.4 Å². The number of aryl methyl sites for hydroxylation is 2. The van der Waals surface area contributed by atoms with Gasteiger partial charge in [0, 0.05) is 16.7 Å². The minimum Gasteiger partial charge on any atom is -0.780 e. The van der Waals surface area contributed by atoms with Gasteiger partial charge in [-0.15, -0.1) is 0 Å². The topological polar surface area (TPSA) is 119 Å². The maximum Gasteiger partial charge on any atom is 1.00 e. The summed E-state index contributed by atoms with van der Waals surface area (Å²) in [5.74, 6) is -0.493. The molecule has 154 valence electrons. The van der Waals surface area contributed by atoms with Crippen LogP contribution >= 0.6 is 7.82 Å². The Labute approximate surface area is 229 Å². The summed E-state index contributed by atoms with van der Waals surface area (Å²) in [6.45, 7) is 3.32. The van der Waals surface area contributed by atoms with E-state index in [0.29, 0.717) is 33.4 Å². The molecular formula is C22H17Na2O7P. The molecule has 0 aromatic heterocycles. The average molecular weight is 470 g/mol. The summed E-state index contributed by atoms with van der Waals surface area (Å²) in [6.07, 6.45) is 0. The van der Waals surface area contributed by atoms with Gasteiger partial charge in [0.05, 0.1) is 5.56 Å². The zero-order valence-electron chi connectivity index (χ0n) is 18.1. The van der Waals surface area contributed by atoms with Gasteiger partial charge in [0.15, 0.2) is 5.60 Å². The second kappa shape index (κ2) is 10.0. The van der Waals surface area contributed by atoms with Crippen molar-refractivity contribution >= 4 is 13.8 Å². The first kappa shape index (κ1) is 27.1. The maximum atomic E-state index is 12.7. The molecule has 1 heterocycles. The molecule has 1 atom stereocenters. The van der Waals surface area contributed by atoms with Crippen LogP contribution in [0.4, 0.5) is 0 Å². The van der Waals surface area contributed by atoms with Gasteiger partial charge in [-0.3, -0.25) is 0 Å². The van der Waals surface area contributed by atoms with E-state index >= 15 is 0 Å². The fraction of sp³-hybridized carbons (Fsp3) is 0.136. The van der Waals surface area contributed by atoms with E-state index in [0.717, 1.165) is 0 Å². The minimum absolute atomic E-state index is 0. The van der Waals surface area contributed by atoms with Crippen molar-refractivity contribution in [1.29, 1.82) is 0 Å². The van der Waals surface area contributed by atoms with Crippen molar-refractivity contribution < 1.29 is 92.6 Å². The first-order chi connectivity index (χ1) is 14.1. The number of ether oxygens (including phenoxy) is 1. The molecule has 0 bridgehead atoms. The number of benzene rings is 3. The normalized spacial score (nSPS) is 16.9. The number of phosphoric ester groups is 1. The third-order valence-corrected chi connectivity index (χ3v) is 5.59. The molecule has 0 radical (unpaired) electrons. The van der Waals surface area contributed by atoms with Gasteiger partial charge in [-0.05, 0) is 55.3 Å². The van der Waals surface area contributed by atoms with Crippen LogP contribution in [0.5, 0.6) is 11.5 Å². The Balaban J connectivity index is 0.00000181. The van der Waals surface area contributed by atoms with Crippen LogP contribution in [0.25, 0.3) is 0 Å². The second-order valence-corrected chi connectivity index (χ2v) is 8.21. The van der Waals surface area contributed by atoms with Gasteiger partial charge in [0.25, 0.3) is 0 Å². The minimum atomic E-state index is -5.22. The van der Waals surface area contributed by atoms with Crippen LogP contribution in [0.2, 0.25) is 0 Å². The number of hydrogen-bond donors (Lipinski definition) is 1. The molecule has 0 fully saturated rings. The summed E-state index contributed by atoms with van der Waals surface area (Å²) < 4.78 is 21.5. The molecule has 0 spiro atoms. The van der Waals surface area contributed by atoms with Gasteiger partial charge in [0.1, 0.15) is 19.3 Å². The van der Waals surface area contributed by atoms with E-state index in [1.54, 1.807) is 62.4 Å². The Hall–Kier alpha value is -1.12. The fourth-order valence-electron chi connectivity index (χ4n) is 3.78. The monoisotopic (exact) mass is 470 g/mol. The molecule has 1 unspecified atom stereocenters. The number of aromatic hydroxyl groups is 1. The summed E-state index contributed by atoms with van der Waals surface area (Å²) in [6, 6.07) is 16.4. The average Bonchev–Trinajstić information content (AvgIpc) is 2.99. The summed E-state index contributed by atoms with van der Waals surface area (Å²) in [5, 5.41) is 9.97. The molecule has 3 aromatic rings. The van der Waals surface area contributed by atoms with Crippen LogP contribution in [0.1, 0.15) is 38.2 Å². The fourth-order valence-corrected chi connectivity index (χ4v) is 4.22. The summed E-state index contributed by atoms with van der Waals surface area (Å²) in [4.78, 5) is 34.7. The summed E-state index contributed by atoms with van der Waals surface area (Å²) in [5.41, 5.74) is 1.85. The number of esters is 1. The van der Waals surface area contributed by atoms with E-state index in [1.165, 1.54) is 12.1 Å². The van der Waals surface area contributed by atoms with Crippen LogP contribution in [-0.4, -0.2) is 11.1 Å². The molecular weight excluding hydrogens is 453 g/mol. The molecule has 3 aromatic carbocycles. The number of carbonyl (C=O) groups is 1. The number of hydrogen-bond acceptors (Lipinski definition) is 7. The van der Waals surface area contributed by atoms with E-state index < -0.39 is 19.4 Å². The second-order valence-electron chi connectivity index (χ2n) is 7.14. The smallest absolute Gasteiger partial charge is 0.780 e. The maximum absolute atomic E-state index is 12.7. The van der Waals surface area contributed by atoms with Crippen molar-refractivity contribution in [2.45, 2.75) is 19.4 Å². The van der Waals surface area contributed by atoms with Gasteiger partial charge < -0.3 is 28.7 Å². The van der Waals surface area contributed by atoms with E-state index in [1.807, 2.05) is 0 Å². The van der Waals surface area contributed by atoms with Gasteiger partial charge >= 0.3 is 65.1 Å². The van der Waals surface area contributed by atoms with Crippen molar-refractivity contribution in [3.05, 3.63) is 94.0 Å². The first-order valence-corrected chi connectivity index (χ1v) is 10.5. The molecule has 0 amide bonds. The number of cyclic esters (lactones) is 1. The SMILES string of the molecule is Cc1cc(C2(c3ccc(OP(=O)([O-])[O-])c(C)c3)OC(=O)c3ccccc32)ccc1O.[Na+].[Na+]. The van der Waals surface area contributed by atoms with Gasteiger partial charge in [0.2, 0.25) is 0 Å². The van der Waals surface area contributed by atoms with E-state index in [4.69, 9.17) is 4.74 Å². The molecule has 0 saturated heterocycles. The number of carbonyl (C=O) groups excluding carboxylic acids is 1. The Bertz CT molecular complexity index is 1220. The molecule has 4 rings (SSSR count). The molecule has 0 aliphatic carbocycles. The van der Waals surface area contributed by atoms with E-state index in [9.17, 15) is 24.3 Å². The van der Waals surface area contributed by atoms with Crippen molar-refractivity contribution in [2.24, 2.45) is 0 Å². The van der Waals surface area contributed by atoms with Crippen LogP contribution in [0, 0.1) is 13.8 Å². The standard InChI is InChI=1S/C22H19O7P.2Na/c1-13-11-15(7-9-19(13)23)22(18-6-4-3-5-17(18)21(24)28-22)16-8-10-20(14(2)12-16)29-30(25,26)27;;/h3-12,23H,1-2H3,(H2,25,26,27);;/q;2*+1/p-2. The molecule has 32 heavy (non-hydrogen) atoms. The first-order valence-electron chi connectivity index (χ1n) is 9.07. The molecule has 10 heteroatoms. The molecule has 0 saturated carbocycles. The molecule has 7 nitrogen and oxygen atoms in total. The summed E-state index contributed by atoms with van der Waals surface area (Å²) >= 11 is 0. The number of rotatable bonds is 4. The quantitative estimate of drug-likeness (QED) is 0.241. The number of phenolic OH excluding ortho intramolecular Hbond substituents is 1. The number of phosphoric acid groups is 1. The van der Waals surface area contributed by atoms with Gasteiger partial charge in [-0.1, -0.05) is 30.3 Å². The predicted octanol–water partition coefficient (Wildman–Crippen LogP) is -3.31. The van der Waals surface area contributed by atoms with Gasteiger partial charge in [-0.2, -0.15) is 0 Å². The zero-order valence-corrected chi connectivity index (χ0v) is 23.0. The van der Waals surface area contributed by atoms with Crippen molar-refractivity contribution in [1.82, 2.24) is 0 Å². The number of fused-ring (bicyclic) bond motifs is 1. The van der Waals surface area contributed by atoms with Crippen LogP contribution in [0.15, 0.2) is 60.7 Å². The van der Waals surface area contributed by atoms with Crippen molar-refractivity contribution in [3.63, 3.8) is 0 Å².